The molecule has 1 aromatic heterocycles. The second-order valence-electron chi connectivity index (χ2n) is 5.39. The lowest BCUT2D eigenvalue weighted by atomic mass is 9.92. The highest BCUT2D eigenvalue weighted by Crippen LogP contribution is 2.29. The van der Waals surface area contributed by atoms with Crippen molar-refractivity contribution in [3.8, 4) is 6.07 Å². The van der Waals surface area contributed by atoms with E-state index in [9.17, 15) is 0 Å². The van der Waals surface area contributed by atoms with E-state index in [2.05, 4.69) is 34.2 Å². The van der Waals surface area contributed by atoms with Crippen molar-refractivity contribution in [3.63, 3.8) is 0 Å². The molecule has 2 heterocycles. The normalized spacial score (nSPS) is 21.1. The van der Waals surface area contributed by atoms with E-state index in [1.165, 1.54) is 4.88 Å². The largest absolute Gasteiger partial charge is 0.378 e. The predicted molar refractivity (Wildman–Crippen MR) is 88.0 cm³/mol. The Morgan fingerprint density at radius 1 is 1.43 bits per heavy atom. The van der Waals surface area contributed by atoms with Gasteiger partial charge < -0.3 is 10.6 Å². The molecule has 0 radical (unpaired) electrons. The van der Waals surface area contributed by atoms with Gasteiger partial charge in [0, 0.05) is 23.5 Å². The topological polar surface area (TPSA) is 47.9 Å². The number of hydrogen-bond acceptors (Lipinski definition) is 4. The maximum Gasteiger partial charge on any atom is 0.101 e. The van der Waals surface area contributed by atoms with Gasteiger partial charge >= 0.3 is 0 Å². The Balaban J connectivity index is 1.82. The van der Waals surface area contributed by atoms with Crippen LogP contribution in [0.1, 0.15) is 16.9 Å². The monoisotopic (exact) mass is 317 g/mol. The van der Waals surface area contributed by atoms with E-state index < -0.39 is 0 Å². The van der Waals surface area contributed by atoms with Crippen molar-refractivity contribution >= 4 is 28.6 Å². The Morgan fingerprint density at radius 2 is 2.33 bits per heavy atom. The third-order valence-corrected chi connectivity index (χ3v) is 5.02. The fourth-order valence-corrected chi connectivity index (χ4v) is 3.85. The van der Waals surface area contributed by atoms with E-state index in [1.54, 1.807) is 17.4 Å². The smallest absolute Gasteiger partial charge is 0.101 e. The molecule has 21 heavy (non-hydrogen) atoms. The fourth-order valence-electron chi connectivity index (χ4n) is 2.78. The summed E-state index contributed by atoms with van der Waals surface area (Å²) in [6.45, 7) is 1.95. The highest BCUT2D eigenvalue weighted by molar-refractivity contribution is 7.09. The summed E-state index contributed by atoms with van der Waals surface area (Å²) in [4.78, 5) is 1.38. The Bertz CT molecular complexity index is 655. The van der Waals surface area contributed by atoms with Gasteiger partial charge in [0.25, 0.3) is 0 Å². The van der Waals surface area contributed by atoms with Crippen molar-refractivity contribution in [1.82, 2.24) is 5.32 Å². The van der Waals surface area contributed by atoms with E-state index >= 15 is 0 Å². The van der Waals surface area contributed by atoms with Crippen LogP contribution in [0.5, 0.6) is 0 Å². The summed E-state index contributed by atoms with van der Waals surface area (Å²) in [5, 5.41) is 18.6. The van der Waals surface area contributed by atoms with Crippen molar-refractivity contribution in [1.29, 1.82) is 5.26 Å². The lowest BCUT2D eigenvalue weighted by Crippen LogP contribution is -2.42. The summed E-state index contributed by atoms with van der Waals surface area (Å²) in [5.41, 5.74) is 1.50. The minimum Gasteiger partial charge on any atom is -0.378 e. The van der Waals surface area contributed by atoms with Crippen molar-refractivity contribution in [2.45, 2.75) is 18.4 Å². The second kappa shape index (κ2) is 6.07. The van der Waals surface area contributed by atoms with Gasteiger partial charge in [-0.25, -0.2) is 0 Å². The average Bonchev–Trinajstić information content (AvgIpc) is 3.12. The van der Waals surface area contributed by atoms with Crippen LogP contribution in [0.4, 0.5) is 5.69 Å². The summed E-state index contributed by atoms with van der Waals surface area (Å²) < 4.78 is 0. The van der Waals surface area contributed by atoms with Gasteiger partial charge in [-0.3, -0.25) is 0 Å². The number of anilines is 1. The summed E-state index contributed by atoms with van der Waals surface area (Å²) in [6, 6.07) is 11.9. The van der Waals surface area contributed by atoms with Crippen LogP contribution in [0.25, 0.3) is 0 Å². The Hall–Kier alpha value is -1.54. The minimum atomic E-state index is 0.0162. The van der Waals surface area contributed by atoms with Crippen LogP contribution in [-0.2, 0) is 6.42 Å². The Labute approximate surface area is 133 Å². The molecule has 1 atom stereocenters. The third-order valence-electron chi connectivity index (χ3n) is 3.84. The zero-order chi connectivity index (χ0) is 14.7. The molecule has 0 amide bonds. The van der Waals surface area contributed by atoms with Crippen molar-refractivity contribution in [3.05, 3.63) is 51.2 Å². The first kappa shape index (κ1) is 14.4. The average molecular weight is 318 g/mol. The third kappa shape index (κ3) is 3.21. The molecule has 1 saturated heterocycles. The number of nitriles is 1. The first-order valence-electron chi connectivity index (χ1n) is 6.92. The second-order valence-corrected chi connectivity index (χ2v) is 6.83. The molecule has 1 aliphatic rings. The van der Waals surface area contributed by atoms with Crippen LogP contribution in [0, 0.1) is 11.3 Å². The summed E-state index contributed by atoms with van der Waals surface area (Å²) in [5.74, 6) is 0. The minimum absolute atomic E-state index is 0.0162. The number of nitrogens with zero attached hydrogens (tertiary/aromatic N) is 1. The van der Waals surface area contributed by atoms with E-state index in [0.29, 0.717) is 10.6 Å². The number of nitrogens with one attached hydrogen (secondary N) is 2. The lowest BCUT2D eigenvalue weighted by Gasteiger charge is -2.30. The van der Waals surface area contributed by atoms with Gasteiger partial charge in [-0.15, -0.1) is 11.3 Å². The molecule has 108 valence electrons. The highest BCUT2D eigenvalue weighted by Gasteiger charge is 2.34. The molecule has 0 saturated carbocycles. The molecular formula is C16H16ClN3S. The first-order valence-corrected chi connectivity index (χ1v) is 8.17. The van der Waals surface area contributed by atoms with Crippen molar-refractivity contribution in [2.24, 2.45) is 0 Å². The first-order chi connectivity index (χ1) is 10.2. The molecule has 2 N–H and O–H groups in total. The molecule has 1 aliphatic heterocycles. The van der Waals surface area contributed by atoms with Crippen LogP contribution in [0.3, 0.4) is 0 Å². The van der Waals surface area contributed by atoms with Crippen LogP contribution in [0.15, 0.2) is 35.7 Å². The molecule has 5 heteroatoms. The fraction of sp³-hybridized carbons (Fsp3) is 0.312. The number of hydrogen-bond donors (Lipinski definition) is 2. The number of rotatable bonds is 4. The molecule has 0 spiro atoms. The lowest BCUT2D eigenvalue weighted by molar-refractivity contribution is 0.512. The quantitative estimate of drug-likeness (QED) is 0.904. The molecule has 2 aromatic rings. The summed E-state index contributed by atoms with van der Waals surface area (Å²) in [7, 11) is 0. The van der Waals surface area contributed by atoms with Gasteiger partial charge in [-0.2, -0.15) is 5.26 Å². The zero-order valence-electron chi connectivity index (χ0n) is 11.5. The van der Waals surface area contributed by atoms with Gasteiger partial charge in [0.1, 0.15) is 6.07 Å². The maximum atomic E-state index is 8.95. The Kier molecular flexibility index (Phi) is 4.16. The van der Waals surface area contributed by atoms with Crippen LogP contribution >= 0.6 is 22.9 Å². The molecule has 3 nitrogen and oxygen atoms in total. The molecule has 0 unspecified atom stereocenters. The van der Waals surface area contributed by atoms with Crippen LogP contribution in [0.2, 0.25) is 5.02 Å². The van der Waals surface area contributed by atoms with Crippen LogP contribution < -0.4 is 10.6 Å². The number of benzene rings is 1. The Morgan fingerprint density at radius 3 is 2.95 bits per heavy atom. The van der Waals surface area contributed by atoms with E-state index in [0.717, 1.165) is 31.6 Å². The molecular weight excluding hydrogens is 302 g/mol. The van der Waals surface area contributed by atoms with Gasteiger partial charge in [0.05, 0.1) is 16.1 Å². The van der Waals surface area contributed by atoms with Gasteiger partial charge in [-0.05, 0) is 42.6 Å². The summed E-state index contributed by atoms with van der Waals surface area (Å²) in [6.07, 6.45) is 2.07. The molecule has 0 aliphatic carbocycles. The predicted octanol–water partition coefficient (Wildman–Crippen LogP) is 3.66. The van der Waals surface area contributed by atoms with Gasteiger partial charge in [0.15, 0.2) is 0 Å². The van der Waals surface area contributed by atoms with Crippen molar-refractivity contribution < 1.29 is 0 Å². The number of halogens is 1. The van der Waals surface area contributed by atoms with E-state index in [-0.39, 0.29) is 5.54 Å². The SMILES string of the molecule is N#Cc1ccc(N[C@]2(Cc3cccs3)CCNC2)cc1Cl. The number of thiophene rings is 1. The maximum absolute atomic E-state index is 8.95. The van der Waals surface area contributed by atoms with Gasteiger partial charge in [-0.1, -0.05) is 17.7 Å². The van der Waals surface area contributed by atoms with Crippen molar-refractivity contribution in [2.75, 3.05) is 18.4 Å². The molecule has 1 fully saturated rings. The molecule has 0 bridgehead atoms. The molecule has 3 rings (SSSR count). The summed E-state index contributed by atoms with van der Waals surface area (Å²) >= 11 is 7.92. The standard InChI is InChI=1S/C16H16ClN3S/c17-15-8-13(4-3-12(15)10-18)20-16(5-6-19-11-16)9-14-2-1-7-21-14/h1-4,7-8,19-20H,5-6,9,11H2/t16-/m0/s1. The van der Waals surface area contributed by atoms with Gasteiger partial charge in [0.2, 0.25) is 0 Å². The zero-order valence-corrected chi connectivity index (χ0v) is 13.1. The molecule has 1 aromatic carbocycles. The highest BCUT2D eigenvalue weighted by atomic mass is 35.5. The van der Waals surface area contributed by atoms with Crippen LogP contribution in [-0.4, -0.2) is 18.6 Å². The van der Waals surface area contributed by atoms with E-state index in [1.807, 2.05) is 12.1 Å². The van der Waals surface area contributed by atoms with E-state index in [4.69, 9.17) is 16.9 Å².